The topological polar surface area (TPSA) is 58.6 Å². The molecule has 0 unspecified atom stereocenters. The summed E-state index contributed by atoms with van der Waals surface area (Å²) in [5.41, 5.74) is -0.471. The highest BCUT2D eigenvalue weighted by molar-refractivity contribution is 5.91. The van der Waals surface area contributed by atoms with Gasteiger partial charge in [0.1, 0.15) is 17.3 Å². The van der Waals surface area contributed by atoms with E-state index in [2.05, 4.69) is 5.32 Å². The number of anilines is 1. The molecule has 1 N–H and O–H groups in total. The van der Waals surface area contributed by atoms with Gasteiger partial charge in [0.25, 0.3) is 0 Å². The number of nitrogens with zero attached hydrogens (tertiary/aromatic N) is 1. The molecule has 0 spiro atoms. The van der Waals surface area contributed by atoms with E-state index in [1.807, 2.05) is 0 Å². The normalized spacial score (nSPS) is 10.4. The molecule has 0 saturated heterocycles. The van der Waals surface area contributed by atoms with Crippen molar-refractivity contribution >= 4 is 17.5 Å². The maximum Gasteiger partial charge on any atom is 0.226 e. The molecule has 0 aliphatic heterocycles. The average molecular weight is 314 g/mol. The number of ether oxygens (including phenoxy) is 1. The molecule has 22 heavy (non-hydrogen) atoms. The molecule has 1 rings (SSSR count). The Labute approximate surface area is 128 Å². The van der Waals surface area contributed by atoms with E-state index in [9.17, 15) is 18.4 Å². The number of benzene rings is 1. The molecule has 7 heteroatoms. The van der Waals surface area contributed by atoms with E-state index in [4.69, 9.17) is 4.74 Å². The number of methoxy groups -OCH3 is 1. The first-order chi connectivity index (χ1) is 10.5. The minimum Gasteiger partial charge on any atom is -0.385 e. The maximum atomic E-state index is 13.4. The predicted molar refractivity (Wildman–Crippen MR) is 78.4 cm³/mol. The summed E-state index contributed by atoms with van der Waals surface area (Å²) in [6.45, 7) is 2.56. The van der Waals surface area contributed by atoms with Crippen LogP contribution in [0.1, 0.15) is 19.8 Å². The standard InChI is InChI=1S/C15H20F2N2O3/c1-11(20)19(8-4-10-22-2)9-7-14(21)18-15-12(16)5-3-6-13(15)17/h3,5-6H,4,7-10H2,1-2H3,(H,18,21). The van der Waals surface area contributed by atoms with Crippen LogP contribution in [-0.4, -0.2) is 43.5 Å². The van der Waals surface area contributed by atoms with Crippen molar-refractivity contribution in [2.24, 2.45) is 0 Å². The van der Waals surface area contributed by atoms with Crippen LogP contribution in [0.25, 0.3) is 0 Å². The lowest BCUT2D eigenvalue weighted by molar-refractivity contribution is -0.129. The molecule has 0 fully saturated rings. The van der Waals surface area contributed by atoms with Gasteiger partial charge in [0.2, 0.25) is 11.8 Å². The summed E-state index contributed by atoms with van der Waals surface area (Å²) in [7, 11) is 1.56. The van der Waals surface area contributed by atoms with Gasteiger partial charge in [0.05, 0.1) is 0 Å². The number of carbonyl (C=O) groups is 2. The fraction of sp³-hybridized carbons (Fsp3) is 0.467. The van der Waals surface area contributed by atoms with Gasteiger partial charge in [-0.3, -0.25) is 9.59 Å². The summed E-state index contributed by atoms with van der Waals surface area (Å²) >= 11 is 0. The smallest absolute Gasteiger partial charge is 0.226 e. The predicted octanol–water partition coefficient (Wildman–Crippen LogP) is 2.18. The highest BCUT2D eigenvalue weighted by atomic mass is 19.1. The quantitative estimate of drug-likeness (QED) is 0.748. The van der Waals surface area contributed by atoms with E-state index in [0.717, 1.165) is 12.1 Å². The number of carbonyl (C=O) groups excluding carboxylic acids is 2. The van der Waals surface area contributed by atoms with Crippen LogP contribution in [0.5, 0.6) is 0 Å². The summed E-state index contributed by atoms with van der Waals surface area (Å²) in [6, 6.07) is 3.34. The van der Waals surface area contributed by atoms with Crippen LogP contribution in [0.2, 0.25) is 0 Å². The summed E-state index contributed by atoms with van der Waals surface area (Å²) < 4.78 is 31.7. The lowest BCUT2D eigenvalue weighted by atomic mass is 10.2. The van der Waals surface area contributed by atoms with E-state index in [0.29, 0.717) is 19.6 Å². The second-order valence-electron chi connectivity index (χ2n) is 4.75. The van der Waals surface area contributed by atoms with Crippen LogP contribution in [0.4, 0.5) is 14.5 Å². The van der Waals surface area contributed by atoms with Gasteiger partial charge in [-0.1, -0.05) is 6.07 Å². The Balaban J connectivity index is 2.51. The Morgan fingerprint density at radius 2 is 1.86 bits per heavy atom. The van der Waals surface area contributed by atoms with Crippen molar-refractivity contribution in [1.29, 1.82) is 0 Å². The van der Waals surface area contributed by atoms with Crippen molar-refractivity contribution in [3.05, 3.63) is 29.8 Å². The number of halogens is 2. The molecule has 2 amide bonds. The highest BCUT2D eigenvalue weighted by Crippen LogP contribution is 2.18. The Morgan fingerprint density at radius 1 is 1.23 bits per heavy atom. The molecule has 0 bridgehead atoms. The molecule has 0 aliphatic rings. The fourth-order valence-corrected chi connectivity index (χ4v) is 1.88. The maximum absolute atomic E-state index is 13.4. The molecule has 0 radical (unpaired) electrons. The molecule has 122 valence electrons. The van der Waals surface area contributed by atoms with E-state index in [1.54, 1.807) is 7.11 Å². The minimum atomic E-state index is -0.836. The SMILES string of the molecule is COCCCN(CCC(=O)Nc1c(F)cccc1F)C(C)=O. The molecule has 1 aromatic rings. The monoisotopic (exact) mass is 314 g/mol. The number of nitrogens with one attached hydrogen (secondary N) is 1. The van der Waals surface area contributed by atoms with E-state index >= 15 is 0 Å². The van der Waals surface area contributed by atoms with Crippen molar-refractivity contribution in [1.82, 2.24) is 4.90 Å². The largest absolute Gasteiger partial charge is 0.385 e. The van der Waals surface area contributed by atoms with Crippen molar-refractivity contribution < 1.29 is 23.1 Å². The van der Waals surface area contributed by atoms with Gasteiger partial charge in [-0.2, -0.15) is 0 Å². The fourth-order valence-electron chi connectivity index (χ4n) is 1.88. The number of para-hydroxylation sites is 1. The van der Waals surface area contributed by atoms with Crippen LogP contribution in [0.3, 0.4) is 0 Å². The molecule has 0 aromatic heterocycles. The Morgan fingerprint density at radius 3 is 2.41 bits per heavy atom. The summed E-state index contributed by atoms with van der Waals surface area (Å²) in [6.07, 6.45) is 0.611. The molecule has 1 aromatic carbocycles. The first kappa shape index (κ1) is 18.0. The van der Waals surface area contributed by atoms with Crippen molar-refractivity contribution in [2.75, 3.05) is 32.1 Å². The van der Waals surface area contributed by atoms with Crippen LogP contribution in [-0.2, 0) is 14.3 Å². The summed E-state index contributed by atoms with van der Waals surface area (Å²) in [5.74, 6) is -2.39. The molecule has 0 heterocycles. The molecule has 0 saturated carbocycles. The Bertz CT molecular complexity index is 503. The molecule has 0 aliphatic carbocycles. The van der Waals surface area contributed by atoms with Crippen molar-refractivity contribution in [2.45, 2.75) is 19.8 Å². The second-order valence-corrected chi connectivity index (χ2v) is 4.75. The first-order valence-electron chi connectivity index (χ1n) is 6.94. The Kier molecular flexibility index (Phi) is 7.45. The molecular weight excluding hydrogens is 294 g/mol. The summed E-state index contributed by atoms with van der Waals surface area (Å²) in [4.78, 5) is 24.7. The lowest BCUT2D eigenvalue weighted by Gasteiger charge is -2.20. The third kappa shape index (κ3) is 5.77. The van der Waals surface area contributed by atoms with Crippen LogP contribution < -0.4 is 5.32 Å². The Hall–Kier alpha value is -2.02. The molecular formula is C15H20F2N2O3. The zero-order valence-electron chi connectivity index (χ0n) is 12.7. The van der Waals surface area contributed by atoms with E-state index in [-0.39, 0.29) is 18.9 Å². The lowest BCUT2D eigenvalue weighted by Crippen LogP contribution is -2.33. The number of amides is 2. The third-order valence-electron chi connectivity index (χ3n) is 3.06. The minimum absolute atomic E-state index is 0.0413. The van der Waals surface area contributed by atoms with Crippen LogP contribution >= 0.6 is 0 Å². The van der Waals surface area contributed by atoms with Gasteiger partial charge in [-0.05, 0) is 18.6 Å². The van der Waals surface area contributed by atoms with Gasteiger partial charge in [-0.15, -0.1) is 0 Å². The molecule has 0 atom stereocenters. The molecule has 5 nitrogen and oxygen atoms in total. The van der Waals surface area contributed by atoms with Gasteiger partial charge < -0.3 is 15.0 Å². The van der Waals surface area contributed by atoms with Crippen molar-refractivity contribution in [3.8, 4) is 0 Å². The van der Waals surface area contributed by atoms with E-state index < -0.39 is 23.2 Å². The number of rotatable bonds is 8. The van der Waals surface area contributed by atoms with E-state index in [1.165, 1.54) is 17.9 Å². The number of hydrogen-bond acceptors (Lipinski definition) is 3. The first-order valence-corrected chi connectivity index (χ1v) is 6.94. The summed E-state index contributed by atoms with van der Waals surface area (Å²) in [5, 5.41) is 2.19. The second kappa shape index (κ2) is 9.09. The number of hydrogen-bond donors (Lipinski definition) is 1. The zero-order chi connectivity index (χ0) is 16.5. The highest BCUT2D eigenvalue weighted by Gasteiger charge is 2.14. The van der Waals surface area contributed by atoms with Crippen molar-refractivity contribution in [3.63, 3.8) is 0 Å². The van der Waals surface area contributed by atoms with Gasteiger partial charge in [0.15, 0.2) is 0 Å². The van der Waals surface area contributed by atoms with Crippen LogP contribution in [0, 0.1) is 11.6 Å². The van der Waals surface area contributed by atoms with Gasteiger partial charge >= 0.3 is 0 Å². The average Bonchev–Trinajstić information content (AvgIpc) is 2.46. The third-order valence-corrected chi connectivity index (χ3v) is 3.06. The van der Waals surface area contributed by atoms with Gasteiger partial charge in [0, 0.05) is 40.2 Å². The van der Waals surface area contributed by atoms with Gasteiger partial charge in [-0.25, -0.2) is 8.78 Å². The zero-order valence-corrected chi connectivity index (χ0v) is 12.7. The van der Waals surface area contributed by atoms with Crippen LogP contribution in [0.15, 0.2) is 18.2 Å².